The lowest BCUT2D eigenvalue weighted by molar-refractivity contribution is 0.326. The lowest BCUT2D eigenvalue weighted by Crippen LogP contribution is -2.08. The Balaban J connectivity index is 1.59. The molecule has 10 heteroatoms. The highest BCUT2D eigenvalue weighted by molar-refractivity contribution is 7.51. The van der Waals surface area contributed by atoms with Crippen molar-refractivity contribution in [3.05, 3.63) is 107 Å². The number of hydrogen-bond acceptors (Lipinski definition) is 8. The molecule has 8 rings (SSSR count). The first-order valence-corrected chi connectivity index (χ1v) is 14.0. The van der Waals surface area contributed by atoms with Crippen LogP contribution in [0.4, 0.5) is 0 Å². The van der Waals surface area contributed by atoms with Crippen molar-refractivity contribution in [2.24, 2.45) is 0 Å². The topological polar surface area (TPSA) is 89.5 Å². The van der Waals surface area contributed by atoms with E-state index in [1.165, 1.54) is 0 Å². The number of hydrogen-bond donors (Lipinski definition) is 0. The molecule has 4 aliphatic heterocycles. The molecular formula is C26H14O8P2. The Labute approximate surface area is 204 Å². The third-order valence-corrected chi connectivity index (χ3v) is 8.74. The van der Waals surface area contributed by atoms with Crippen LogP contribution in [-0.2, 0) is 9.13 Å². The van der Waals surface area contributed by atoms with Gasteiger partial charge in [-0.3, -0.25) is 0 Å². The lowest BCUT2D eigenvalue weighted by Gasteiger charge is -2.24. The van der Waals surface area contributed by atoms with Crippen LogP contribution >= 0.6 is 15.6 Å². The zero-order chi connectivity index (χ0) is 24.1. The monoisotopic (exact) mass is 516 g/mol. The molecule has 0 radical (unpaired) electrons. The van der Waals surface area contributed by atoms with E-state index in [0.717, 1.165) is 16.7 Å². The molecular weight excluding hydrogens is 502 g/mol. The summed E-state index contributed by atoms with van der Waals surface area (Å²) in [6.07, 6.45) is 0. The zero-order valence-corrected chi connectivity index (χ0v) is 20.0. The van der Waals surface area contributed by atoms with Gasteiger partial charge >= 0.3 is 15.6 Å². The van der Waals surface area contributed by atoms with Gasteiger partial charge in [0.25, 0.3) is 0 Å². The summed E-state index contributed by atoms with van der Waals surface area (Å²) in [4.78, 5) is 0. The van der Waals surface area contributed by atoms with Crippen molar-refractivity contribution in [3.8, 4) is 34.5 Å². The van der Waals surface area contributed by atoms with Crippen LogP contribution in [0.1, 0.15) is 22.3 Å². The summed E-state index contributed by atoms with van der Waals surface area (Å²) in [5.41, 5.74) is 4.31. The highest BCUT2D eigenvalue weighted by atomic mass is 31.2. The maximum absolute atomic E-state index is 13.6. The maximum Gasteiger partial charge on any atom is 0.647 e. The van der Waals surface area contributed by atoms with E-state index in [9.17, 15) is 9.13 Å². The predicted octanol–water partition coefficient (Wildman–Crippen LogP) is 7.24. The third kappa shape index (κ3) is 2.66. The third-order valence-electron chi connectivity index (χ3n) is 6.29. The van der Waals surface area contributed by atoms with Crippen molar-refractivity contribution in [1.82, 2.24) is 0 Å². The molecule has 0 amide bonds. The van der Waals surface area contributed by atoms with E-state index >= 15 is 0 Å². The SMILES string of the molecule is O=P12Oc3ccccc3C(=C(c3ccccc3)c3ccccc3)c3c(c(c4c5c3OP(=O)(O4)O5)O1)O2. The van der Waals surface area contributed by atoms with Gasteiger partial charge in [0, 0.05) is 11.1 Å². The van der Waals surface area contributed by atoms with Gasteiger partial charge in [-0.25, -0.2) is 0 Å². The minimum absolute atomic E-state index is 0.0129. The first-order chi connectivity index (χ1) is 17.5. The van der Waals surface area contributed by atoms with Gasteiger partial charge in [0.2, 0.25) is 17.2 Å². The number of phosphoric acid groups is 2. The molecule has 176 valence electrons. The van der Waals surface area contributed by atoms with Crippen LogP contribution in [0.2, 0.25) is 0 Å². The fourth-order valence-electron chi connectivity index (χ4n) is 4.89. The van der Waals surface area contributed by atoms with Crippen LogP contribution in [0.5, 0.6) is 34.5 Å². The van der Waals surface area contributed by atoms with Crippen LogP contribution in [0.3, 0.4) is 0 Å². The van der Waals surface area contributed by atoms with Crippen LogP contribution in [0.15, 0.2) is 84.9 Å². The van der Waals surface area contributed by atoms with Crippen LogP contribution < -0.4 is 27.1 Å². The van der Waals surface area contributed by atoms with Crippen LogP contribution in [-0.4, -0.2) is 0 Å². The van der Waals surface area contributed by atoms with Crippen molar-refractivity contribution >= 4 is 26.8 Å². The number of rotatable bonds is 2. The average Bonchev–Trinajstić information content (AvgIpc) is 3.53. The largest absolute Gasteiger partial charge is 0.647 e. The molecule has 8 nitrogen and oxygen atoms in total. The van der Waals surface area contributed by atoms with Crippen LogP contribution in [0, 0.1) is 0 Å². The summed E-state index contributed by atoms with van der Waals surface area (Å²) in [7, 11) is -8.05. The van der Waals surface area contributed by atoms with E-state index in [-0.39, 0.29) is 28.7 Å². The Hall–Kier alpha value is -4.12. The molecule has 0 N–H and O–H groups in total. The zero-order valence-electron chi connectivity index (χ0n) is 18.2. The van der Waals surface area contributed by atoms with Gasteiger partial charge in [-0.05, 0) is 22.8 Å². The normalized spacial score (nSPS) is 23.1. The van der Waals surface area contributed by atoms with Crippen molar-refractivity contribution in [3.63, 3.8) is 0 Å². The Morgan fingerprint density at radius 3 is 1.53 bits per heavy atom. The standard InChI is InChI=1S/C26H14O8P2/c27-35-29-18-14-8-7-13-17(18)20(19(15-9-3-1-4-10-15)16-11-5-2-6-12-16)21-22(30-35)24(32-35)26-25-23(21)31-36(28,33-25)34-26/h1-14H. The fraction of sp³-hybridized carbons (Fsp3) is 0. The minimum atomic E-state index is -4.12. The Morgan fingerprint density at radius 2 is 0.944 bits per heavy atom. The van der Waals surface area contributed by atoms with Crippen molar-refractivity contribution < 1.29 is 36.3 Å². The number of fused-ring (bicyclic) bond motifs is 5. The average molecular weight is 516 g/mol. The first-order valence-electron chi connectivity index (χ1n) is 11.1. The van der Waals surface area contributed by atoms with Crippen molar-refractivity contribution in [2.45, 2.75) is 0 Å². The van der Waals surface area contributed by atoms with Gasteiger partial charge in [0.1, 0.15) is 5.75 Å². The van der Waals surface area contributed by atoms with Gasteiger partial charge in [0.15, 0.2) is 11.5 Å². The quantitative estimate of drug-likeness (QED) is 0.258. The first kappa shape index (κ1) is 20.1. The molecule has 0 aliphatic carbocycles. The second kappa shape index (κ2) is 6.76. The second-order valence-electron chi connectivity index (χ2n) is 8.44. The fourth-order valence-corrected chi connectivity index (χ4v) is 7.48. The molecule has 0 saturated heterocycles. The van der Waals surface area contributed by atoms with Gasteiger partial charge in [-0.1, -0.05) is 78.9 Å². The van der Waals surface area contributed by atoms with Gasteiger partial charge in [0.05, 0.1) is 5.56 Å². The van der Waals surface area contributed by atoms with E-state index < -0.39 is 15.6 Å². The molecule has 4 bridgehead atoms. The van der Waals surface area contributed by atoms with E-state index in [4.69, 9.17) is 27.1 Å². The highest BCUT2D eigenvalue weighted by Crippen LogP contribution is 2.79. The summed E-state index contributed by atoms with van der Waals surface area (Å²) in [6, 6.07) is 26.8. The van der Waals surface area contributed by atoms with E-state index in [0.29, 0.717) is 22.4 Å². The molecule has 4 aromatic rings. The Bertz CT molecular complexity index is 1710. The van der Waals surface area contributed by atoms with Gasteiger partial charge in [-0.15, -0.1) is 0 Å². The highest BCUT2D eigenvalue weighted by Gasteiger charge is 2.59. The Kier molecular flexibility index (Phi) is 3.77. The van der Waals surface area contributed by atoms with E-state index in [1.807, 2.05) is 72.8 Å². The van der Waals surface area contributed by atoms with Crippen molar-refractivity contribution in [1.29, 1.82) is 0 Å². The van der Waals surface area contributed by atoms with E-state index in [1.54, 1.807) is 12.1 Å². The lowest BCUT2D eigenvalue weighted by atomic mass is 9.84. The maximum atomic E-state index is 13.6. The number of phosphoric ester groups is 2. The van der Waals surface area contributed by atoms with Crippen molar-refractivity contribution in [2.75, 3.05) is 0 Å². The molecule has 0 spiro atoms. The molecule has 0 saturated carbocycles. The molecule has 4 aliphatic rings. The number of para-hydroxylation sites is 1. The Morgan fingerprint density at radius 1 is 0.500 bits per heavy atom. The molecule has 4 heterocycles. The summed E-state index contributed by atoms with van der Waals surface area (Å²) in [5.74, 6) is 0.779. The molecule has 0 fully saturated rings. The van der Waals surface area contributed by atoms with Crippen LogP contribution in [0.25, 0.3) is 11.1 Å². The minimum Gasteiger partial charge on any atom is -0.385 e. The molecule has 4 aromatic carbocycles. The summed E-state index contributed by atoms with van der Waals surface area (Å²) in [5, 5.41) is 0. The smallest absolute Gasteiger partial charge is 0.385 e. The van der Waals surface area contributed by atoms with Gasteiger partial charge < -0.3 is 27.1 Å². The predicted molar refractivity (Wildman–Crippen MR) is 130 cm³/mol. The molecule has 2 atom stereocenters. The van der Waals surface area contributed by atoms with E-state index in [2.05, 4.69) is 0 Å². The number of benzene rings is 4. The summed E-state index contributed by atoms with van der Waals surface area (Å²) < 4.78 is 60.8. The van der Waals surface area contributed by atoms with Gasteiger partial charge in [-0.2, -0.15) is 9.13 Å². The second-order valence-corrected chi connectivity index (χ2v) is 11.3. The molecule has 2 unspecified atom stereocenters. The molecule has 0 aromatic heterocycles. The molecule has 36 heavy (non-hydrogen) atoms. The summed E-state index contributed by atoms with van der Waals surface area (Å²) >= 11 is 0. The summed E-state index contributed by atoms with van der Waals surface area (Å²) in [6.45, 7) is 0.